The second-order valence-electron chi connectivity index (χ2n) is 4.09. The first-order valence-electron chi connectivity index (χ1n) is 5.69. The Morgan fingerprint density at radius 2 is 2.00 bits per heavy atom. The van der Waals surface area contributed by atoms with Crippen LogP contribution in [0.3, 0.4) is 0 Å². The number of hydrogen-bond acceptors (Lipinski definition) is 3. The molecule has 4 heteroatoms. The van der Waals surface area contributed by atoms with Crippen molar-refractivity contribution >= 4 is 10.9 Å². The first-order valence-corrected chi connectivity index (χ1v) is 5.69. The van der Waals surface area contributed by atoms with Crippen LogP contribution in [0, 0.1) is 0 Å². The number of fused-ring (bicyclic) bond motifs is 1. The van der Waals surface area contributed by atoms with Crippen LogP contribution in [0.2, 0.25) is 0 Å². The number of para-hydroxylation sites is 1. The summed E-state index contributed by atoms with van der Waals surface area (Å²) >= 11 is 0. The van der Waals surface area contributed by atoms with Crippen LogP contribution in [0.25, 0.3) is 10.9 Å². The molecule has 1 aromatic carbocycles. The molecule has 0 aliphatic rings. The van der Waals surface area contributed by atoms with Gasteiger partial charge in [-0.3, -0.25) is 9.78 Å². The van der Waals surface area contributed by atoms with Crippen molar-refractivity contribution in [1.82, 2.24) is 15.0 Å². The molecule has 0 saturated heterocycles. The zero-order valence-electron chi connectivity index (χ0n) is 9.63. The van der Waals surface area contributed by atoms with Crippen LogP contribution in [0.15, 0.2) is 53.6 Å². The lowest BCUT2D eigenvalue weighted by Gasteiger charge is -2.02. The molecule has 1 N–H and O–H groups in total. The predicted octanol–water partition coefficient (Wildman–Crippen LogP) is 1.91. The standard InChI is InChI=1S/C14H11N3O/c18-14-5-6-15-13(17-14)8-10-7-11-3-1-2-4-12(11)16-9-10/h1-7,9H,8H2,(H,15,17,18). The molecule has 88 valence electrons. The Morgan fingerprint density at radius 1 is 1.11 bits per heavy atom. The van der Waals surface area contributed by atoms with Gasteiger partial charge in [-0.15, -0.1) is 0 Å². The van der Waals surface area contributed by atoms with Gasteiger partial charge in [-0.05, 0) is 17.7 Å². The summed E-state index contributed by atoms with van der Waals surface area (Å²) in [7, 11) is 0. The number of aromatic nitrogens is 3. The summed E-state index contributed by atoms with van der Waals surface area (Å²) in [5, 5.41) is 1.09. The molecule has 0 atom stereocenters. The molecule has 0 radical (unpaired) electrons. The van der Waals surface area contributed by atoms with Crippen LogP contribution in [-0.2, 0) is 6.42 Å². The number of nitrogens with zero attached hydrogens (tertiary/aromatic N) is 2. The molecule has 0 unspecified atom stereocenters. The third-order valence-electron chi connectivity index (χ3n) is 2.74. The van der Waals surface area contributed by atoms with Gasteiger partial charge >= 0.3 is 0 Å². The van der Waals surface area contributed by atoms with E-state index in [0.29, 0.717) is 12.2 Å². The van der Waals surface area contributed by atoms with Crippen molar-refractivity contribution in [3.8, 4) is 0 Å². The summed E-state index contributed by atoms with van der Waals surface area (Å²) in [6.45, 7) is 0. The Kier molecular flexibility index (Phi) is 2.61. The first kappa shape index (κ1) is 10.7. The van der Waals surface area contributed by atoms with Crippen LogP contribution >= 0.6 is 0 Å². The minimum Gasteiger partial charge on any atom is -0.310 e. The summed E-state index contributed by atoms with van der Waals surface area (Å²) in [6.07, 6.45) is 3.91. The van der Waals surface area contributed by atoms with Crippen molar-refractivity contribution in [2.45, 2.75) is 6.42 Å². The SMILES string of the molecule is O=c1ccnc(Cc2cnc3ccccc3c2)[nH]1. The fraction of sp³-hybridized carbons (Fsp3) is 0.0714. The molecule has 0 aliphatic heterocycles. The molecule has 2 aromatic heterocycles. The van der Waals surface area contributed by atoms with Gasteiger partial charge in [0.05, 0.1) is 5.52 Å². The molecule has 0 spiro atoms. The van der Waals surface area contributed by atoms with Crippen molar-refractivity contribution in [2.24, 2.45) is 0 Å². The molecule has 18 heavy (non-hydrogen) atoms. The van der Waals surface area contributed by atoms with Crippen molar-refractivity contribution in [2.75, 3.05) is 0 Å². The van der Waals surface area contributed by atoms with Crippen LogP contribution in [-0.4, -0.2) is 15.0 Å². The maximum atomic E-state index is 11.2. The molecule has 0 saturated carbocycles. The number of rotatable bonds is 2. The number of H-pyrrole nitrogens is 1. The highest BCUT2D eigenvalue weighted by Crippen LogP contribution is 2.13. The zero-order chi connectivity index (χ0) is 12.4. The van der Waals surface area contributed by atoms with E-state index in [2.05, 4.69) is 21.0 Å². The van der Waals surface area contributed by atoms with Gasteiger partial charge in [-0.25, -0.2) is 4.98 Å². The van der Waals surface area contributed by atoms with Crippen LogP contribution in [0.5, 0.6) is 0 Å². The highest BCUT2D eigenvalue weighted by atomic mass is 16.1. The van der Waals surface area contributed by atoms with Crippen molar-refractivity contribution in [3.05, 3.63) is 70.5 Å². The Labute approximate surface area is 103 Å². The van der Waals surface area contributed by atoms with Crippen LogP contribution in [0.1, 0.15) is 11.4 Å². The highest BCUT2D eigenvalue weighted by Gasteiger charge is 2.01. The minimum absolute atomic E-state index is 0.131. The summed E-state index contributed by atoms with van der Waals surface area (Å²) in [5.41, 5.74) is 1.87. The first-order chi connectivity index (χ1) is 8.81. The van der Waals surface area contributed by atoms with E-state index in [-0.39, 0.29) is 5.56 Å². The smallest absolute Gasteiger partial charge is 0.250 e. The largest absolute Gasteiger partial charge is 0.310 e. The number of aromatic amines is 1. The predicted molar refractivity (Wildman–Crippen MR) is 69.4 cm³/mol. The number of hydrogen-bond donors (Lipinski definition) is 1. The van der Waals surface area contributed by atoms with E-state index in [1.165, 1.54) is 12.3 Å². The van der Waals surface area contributed by atoms with E-state index >= 15 is 0 Å². The average Bonchev–Trinajstić information content (AvgIpc) is 2.39. The molecule has 0 amide bonds. The van der Waals surface area contributed by atoms with Gasteiger partial charge in [-0.2, -0.15) is 0 Å². The quantitative estimate of drug-likeness (QED) is 0.740. The normalized spacial score (nSPS) is 10.7. The number of nitrogens with one attached hydrogen (secondary N) is 1. The molecular weight excluding hydrogens is 226 g/mol. The Balaban J connectivity index is 1.97. The molecule has 2 heterocycles. The molecular formula is C14H11N3O. The molecule has 0 bridgehead atoms. The van der Waals surface area contributed by atoms with E-state index in [0.717, 1.165) is 16.5 Å². The third kappa shape index (κ3) is 2.13. The van der Waals surface area contributed by atoms with Gasteiger partial charge < -0.3 is 4.98 Å². The van der Waals surface area contributed by atoms with Gasteiger partial charge in [-0.1, -0.05) is 18.2 Å². The van der Waals surface area contributed by atoms with Gasteiger partial charge in [0.15, 0.2) is 0 Å². The summed E-state index contributed by atoms with van der Waals surface area (Å²) < 4.78 is 0. The van der Waals surface area contributed by atoms with Crippen molar-refractivity contribution < 1.29 is 0 Å². The van der Waals surface area contributed by atoms with E-state index in [1.54, 1.807) is 0 Å². The maximum absolute atomic E-state index is 11.2. The molecule has 3 rings (SSSR count). The van der Waals surface area contributed by atoms with E-state index in [9.17, 15) is 4.79 Å². The third-order valence-corrected chi connectivity index (χ3v) is 2.74. The lowest BCUT2D eigenvalue weighted by Crippen LogP contribution is -2.09. The summed E-state index contributed by atoms with van der Waals surface area (Å²) in [4.78, 5) is 22.4. The zero-order valence-corrected chi connectivity index (χ0v) is 9.63. The van der Waals surface area contributed by atoms with Crippen molar-refractivity contribution in [1.29, 1.82) is 0 Å². The molecule has 3 aromatic rings. The number of benzene rings is 1. The monoisotopic (exact) mass is 237 g/mol. The van der Waals surface area contributed by atoms with E-state index < -0.39 is 0 Å². The fourth-order valence-electron chi connectivity index (χ4n) is 1.91. The van der Waals surface area contributed by atoms with Gasteiger partial charge in [0.1, 0.15) is 5.82 Å². The Bertz CT molecular complexity index is 749. The molecule has 4 nitrogen and oxygen atoms in total. The minimum atomic E-state index is -0.131. The molecule has 0 aliphatic carbocycles. The second-order valence-corrected chi connectivity index (χ2v) is 4.09. The topological polar surface area (TPSA) is 58.6 Å². The Hall–Kier alpha value is -2.49. The van der Waals surface area contributed by atoms with Gasteiger partial charge in [0, 0.05) is 30.3 Å². The fourth-order valence-corrected chi connectivity index (χ4v) is 1.91. The summed E-state index contributed by atoms with van der Waals surface area (Å²) in [5.74, 6) is 0.652. The van der Waals surface area contributed by atoms with E-state index in [1.807, 2.05) is 30.5 Å². The number of pyridine rings is 1. The van der Waals surface area contributed by atoms with Crippen molar-refractivity contribution in [3.63, 3.8) is 0 Å². The average molecular weight is 237 g/mol. The van der Waals surface area contributed by atoms with Crippen LogP contribution < -0.4 is 5.56 Å². The van der Waals surface area contributed by atoms with Gasteiger partial charge in [0.2, 0.25) is 0 Å². The summed E-state index contributed by atoms with van der Waals surface area (Å²) in [6, 6.07) is 11.4. The lowest BCUT2D eigenvalue weighted by atomic mass is 10.1. The molecule has 0 fully saturated rings. The van der Waals surface area contributed by atoms with Gasteiger partial charge in [0.25, 0.3) is 5.56 Å². The second kappa shape index (κ2) is 4.41. The maximum Gasteiger partial charge on any atom is 0.250 e. The van der Waals surface area contributed by atoms with E-state index in [4.69, 9.17) is 0 Å². The Morgan fingerprint density at radius 3 is 2.89 bits per heavy atom. The highest BCUT2D eigenvalue weighted by molar-refractivity contribution is 5.78. The lowest BCUT2D eigenvalue weighted by molar-refractivity contribution is 0.943. The van der Waals surface area contributed by atoms with Crippen LogP contribution in [0.4, 0.5) is 0 Å².